The molecule has 0 N–H and O–H groups in total. The third-order valence-corrected chi connectivity index (χ3v) is 7.25. The Labute approximate surface area is 186 Å². The van der Waals surface area contributed by atoms with Crippen LogP contribution in [-0.4, -0.2) is 22.9 Å². The molecule has 0 spiro atoms. The average Bonchev–Trinajstić information content (AvgIpc) is 3.40. The minimum atomic E-state index is -0.0221. The monoisotopic (exact) mass is 460 g/mol. The zero-order chi connectivity index (χ0) is 20.2. The van der Waals surface area contributed by atoms with E-state index in [0.717, 1.165) is 25.8 Å². The molecule has 4 rings (SSSR count). The highest BCUT2D eigenvalue weighted by atomic mass is 35.5. The molecule has 148 valence electrons. The summed E-state index contributed by atoms with van der Waals surface area (Å²) in [5, 5.41) is 1.36. The van der Waals surface area contributed by atoms with Gasteiger partial charge in [-0.1, -0.05) is 29.0 Å². The first-order valence-corrected chi connectivity index (χ1v) is 12.2. The van der Waals surface area contributed by atoms with E-state index in [-0.39, 0.29) is 5.91 Å². The number of nitrogens with zero attached hydrogens (tertiary/aromatic N) is 2. The number of hydrogen-bond donors (Lipinski definition) is 0. The van der Waals surface area contributed by atoms with Gasteiger partial charge in [0.2, 0.25) is 5.91 Å². The molecular formula is C21H17ClN2O2S3. The second-order valence-electron chi connectivity index (χ2n) is 6.11. The highest BCUT2D eigenvalue weighted by Gasteiger charge is 2.22. The van der Waals surface area contributed by atoms with Crippen LogP contribution in [0.1, 0.15) is 5.76 Å². The zero-order valence-corrected chi connectivity index (χ0v) is 18.7. The van der Waals surface area contributed by atoms with Gasteiger partial charge in [0.25, 0.3) is 0 Å². The van der Waals surface area contributed by atoms with Gasteiger partial charge in [0.1, 0.15) is 5.76 Å². The van der Waals surface area contributed by atoms with E-state index in [1.165, 1.54) is 23.1 Å². The van der Waals surface area contributed by atoms with E-state index >= 15 is 0 Å². The van der Waals surface area contributed by atoms with E-state index in [4.69, 9.17) is 21.0 Å². The van der Waals surface area contributed by atoms with E-state index < -0.39 is 0 Å². The number of carbonyl (C=O) groups is 1. The Kier molecular flexibility index (Phi) is 6.50. The van der Waals surface area contributed by atoms with Crippen molar-refractivity contribution in [3.05, 3.63) is 71.6 Å². The van der Waals surface area contributed by atoms with Crippen LogP contribution in [0.25, 0.3) is 10.2 Å². The highest BCUT2D eigenvalue weighted by Crippen LogP contribution is 2.35. The summed E-state index contributed by atoms with van der Waals surface area (Å²) in [6.45, 7) is 0.349. The topological polar surface area (TPSA) is 46.3 Å². The standard InChI is InChI=1S/C21H17ClN2O2S3/c1-27-17-5-2-6-18-20(17)23-21(29-18)24(12-15-4-3-11-26-15)19(25)13-28-16-9-7-14(22)8-10-16/h2-11H,12-13H2,1H3. The van der Waals surface area contributed by atoms with Gasteiger partial charge in [-0.05, 0) is 54.8 Å². The Morgan fingerprint density at radius 2 is 2.00 bits per heavy atom. The lowest BCUT2D eigenvalue weighted by atomic mass is 10.3. The van der Waals surface area contributed by atoms with Gasteiger partial charge in [-0.25, -0.2) is 4.98 Å². The lowest BCUT2D eigenvalue weighted by Gasteiger charge is -2.18. The van der Waals surface area contributed by atoms with Crippen molar-refractivity contribution in [1.29, 1.82) is 0 Å². The predicted octanol–water partition coefficient (Wildman–Crippen LogP) is 6.59. The van der Waals surface area contributed by atoms with Gasteiger partial charge in [0.15, 0.2) is 5.13 Å². The van der Waals surface area contributed by atoms with Crippen LogP contribution in [0.2, 0.25) is 5.02 Å². The summed E-state index contributed by atoms with van der Waals surface area (Å²) >= 11 is 10.6. The molecule has 0 aliphatic carbocycles. The first kappa shape index (κ1) is 20.3. The number of para-hydroxylation sites is 1. The molecule has 0 fully saturated rings. The van der Waals surface area contributed by atoms with Crippen LogP contribution in [0.4, 0.5) is 5.13 Å². The number of furan rings is 1. The molecule has 29 heavy (non-hydrogen) atoms. The molecule has 0 radical (unpaired) electrons. The fourth-order valence-corrected chi connectivity index (χ4v) is 5.30. The smallest absolute Gasteiger partial charge is 0.239 e. The molecule has 4 aromatic rings. The maximum Gasteiger partial charge on any atom is 0.239 e. The normalized spacial score (nSPS) is 11.1. The van der Waals surface area contributed by atoms with Gasteiger partial charge in [0.05, 0.1) is 28.8 Å². The molecule has 0 bridgehead atoms. The van der Waals surface area contributed by atoms with Gasteiger partial charge in [-0.3, -0.25) is 9.69 Å². The quantitative estimate of drug-likeness (QED) is 0.291. The van der Waals surface area contributed by atoms with Gasteiger partial charge in [-0.15, -0.1) is 23.5 Å². The highest BCUT2D eigenvalue weighted by molar-refractivity contribution is 8.00. The predicted molar refractivity (Wildman–Crippen MR) is 123 cm³/mol. The molecule has 0 aliphatic heterocycles. The van der Waals surface area contributed by atoms with Crippen LogP contribution >= 0.6 is 46.5 Å². The van der Waals surface area contributed by atoms with E-state index in [1.807, 2.05) is 60.9 Å². The van der Waals surface area contributed by atoms with Gasteiger partial charge < -0.3 is 4.42 Å². The van der Waals surface area contributed by atoms with E-state index in [9.17, 15) is 4.79 Å². The van der Waals surface area contributed by atoms with Crippen LogP contribution in [0, 0.1) is 0 Å². The van der Waals surface area contributed by atoms with Crippen molar-refractivity contribution in [3.63, 3.8) is 0 Å². The third-order valence-electron chi connectivity index (χ3n) is 4.19. The average molecular weight is 461 g/mol. The van der Waals surface area contributed by atoms with Crippen LogP contribution in [-0.2, 0) is 11.3 Å². The number of thiazole rings is 1. The fraction of sp³-hybridized carbons (Fsp3) is 0.143. The van der Waals surface area contributed by atoms with Crippen molar-refractivity contribution < 1.29 is 9.21 Å². The van der Waals surface area contributed by atoms with E-state index in [0.29, 0.717) is 22.5 Å². The molecule has 2 aromatic carbocycles. The summed E-state index contributed by atoms with van der Waals surface area (Å²) in [5.41, 5.74) is 0.933. The number of hydrogen-bond acceptors (Lipinski definition) is 6. The minimum Gasteiger partial charge on any atom is -0.467 e. The summed E-state index contributed by atoms with van der Waals surface area (Å²) in [5.74, 6) is 0.999. The van der Waals surface area contributed by atoms with Crippen molar-refractivity contribution in [2.24, 2.45) is 0 Å². The molecule has 2 aromatic heterocycles. The van der Waals surface area contributed by atoms with E-state index in [1.54, 1.807) is 22.9 Å². The largest absolute Gasteiger partial charge is 0.467 e. The summed E-state index contributed by atoms with van der Waals surface area (Å²) in [6.07, 6.45) is 3.65. The molecule has 0 aliphatic rings. The molecule has 4 nitrogen and oxygen atoms in total. The van der Waals surface area contributed by atoms with Crippen molar-refractivity contribution >= 4 is 67.7 Å². The van der Waals surface area contributed by atoms with Crippen molar-refractivity contribution in [3.8, 4) is 0 Å². The van der Waals surface area contributed by atoms with Crippen LogP contribution in [0.3, 0.4) is 0 Å². The van der Waals surface area contributed by atoms with Crippen molar-refractivity contribution in [2.75, 3.05) is 16.9 Å². The number of thioether (sulfide) groups is 2. The first-order chi connectivity index (χ1) is 14.1. The Hall–Kier alpha value is -1.93. The second-order valence-corrected chi connectivity index (χ2v) is 9.45. The molecule has 0 saturated heterocycles. The van der Waals surface area contributed by atoms with Crippen LogP contribution < -0.4 is 4.90 Å². The van der Waals surface area contributed by atoms with Gasteiger partial charge in [0, 0.05) is 14.8 Å². The molecule has 8 heteroatoms. The van der Waals surface area contributed by atoms with Gasteiger partial charge >= 0.3 is 0 Å². The SMILES string of the molecule is CSc1cccc2sc(N(Cc3ccco3)C(=O)CSc3ccc(Cl)cc3)nc12. The molecule has 0 atom stereocenters. The number of benzene rings is 2. The summed E-state index contributed by atoms with van der Waals surface area (Å²) in [7, 11) is 0. The van der Waals surface area contributed by atoms with Gasteiger partial charge in [-0.2, -0.15) is 0 Å². The van der Waals surface area contributed by atoms with Crippen molar-refractivity contribution in [1.82, 2.24) is 4.98 Å². The number of anilines is 1. The molecule has 0 saturated carbocycles. The number of amides is 1. The molecule has 1 amide bonds. The zero-order valence-electron chi connectivity index (χ0n) is 15.5. The molecule has 2 heterocycles. The lowest BCUT2D eigenvalue weighted by molar-refractivity contribution is -0.116. The fourth-order valence-electron chi connectivity index (χ4n) is 2.77. The number of halogens is 1. The minimum absolute atomic E-state index is 0.0221. The Balaban J connectivity index is 1.60. The summed E-state index contributed by atoms with van der Waals surface area (Å²) in [6, 6.07) is 17.3. The Morgan fingerprint density at radius 3 is 2.72 bits per heavy atom. The van der Waals surface area contributed by atoms with Crippen molar-refractivity contribution in [2.45, 2.75) is 16.3 Å². The first-order valence-electron chi connectivity index (χ1n) is 8.78. The summed E-state index contributed by atoms with van der Waals surface area (Å²) in [4.78, 5) is 21.7. The number of carbonyl (C=O) groups excluding carboxylic acids is 1. The lowest BCUT2D eigenvalue weighted by Crippen LogP contribution is -2.31. The maximum absolute atomic E-state index is 13.1. The number of fused-ring (bicyclic) bond motifs is 1. The van der Waals surface area contributed by atoms with Crippen LogP contribution in [0.5, 0.6) is 0 Å². The summed E-state index contributed by atoms with van der Waals surface area (Å²) < 4.78 is 6.55. The van der Waals surface area contributed by atoms with E-state index in [2.05, 4.69) is 0 Å². The Morgan fingerprint density at radius 1 is 1.17 bits per heavy atom. The maximum atomic E-state index is 13.1. The number of rotatable bonds is 7. The van der Waals surface area contributed by atoms with Crippen LogP contribution in [0.15, 0.2) is 75.1 Å². The molecule has 0 unspecified atom stereocenters. The molecular weight excluding hydrogens is 444 g/mol. The second kappa shape index (κ2) is 9.26. The Bertz CT molecular complexity index is 1110. The third kappa shape index (κ3) is 4.80. The number of aromatic nitrogens is 1.